The van der Waals surface area contributed by atoms with Crippen LogP contribution in [0.3, 0.4) is 0 Å². The lowest BCUT2D eigenvalue weighted by atomic mass is 10.1. The monoisotopic (exact) mass is 461 g/mol. The summed E-state index contributed by atoms with van der Waals surface area (Å²) in [6.07, 6.45) is -4.54. The molecule has 3 rings (SSSR count). The number of nitrogens with zero attached hydrogens (tertiary/aromatic N) is 4. The van der Waals surface area contributed by atoms with Crippen molar-refractivity contribution in [2.24, 2.45) is 16.5 Å². The number of halogens is 3. The van der Waals surface area contributed by atoms with Crippen LogP contribution in [0.15, 0.2) is 69.2 Å². The van der Waals surface area contributed by atoms with E-state index in [0.717, 1.165) is 21.3 Å². The SMILES string of the molecule is NC(N)=NCCNc1nc(=O)n(Cc2ccccc2)c(=O)n1Cc1cccc(C(F)(F)F)c1. The van der Waals surface area contributed by atoms with Gasteiger partial charge in [-0.3, -0.25) is 9.56 Å². The van der Waals surface area contributed by atoms with Crippen LogP contribution in [-0.2, 0) is 19.3 Å². The Hall–Kier alpha value is -4.09. The standard InChI is InChI=1S/C21H22F3N7O2/c22-21(23,24)16-8-4-7-15(11-16)13-30-18(28-10-9-27-17(25)26)29-19(32)31(20(30)33)12-14-5-2-1-3-6-14/h1-8,11H,9-10,12-13H2,(H4,25,26,27)(H,28,29,32). The summed E-state index contributed by atoms with van der Waals surface area (Å²) in [6.45, 7) is -0.0121. The van der Waals surface area contributed by atoms with Gasteiger partial charge in [-0.2, -0.15) is 18.2 Å². The first kappa shape index (κ1) is 23.6. The van der Waals surface area contributed by atoms with Gasteiger partial charge in [-0.1, -0.05) is 42.5 Å². The molecule has 0 radical (unpaired) electrons. The molecule has 0 unspecified atom stereocenters. The molecule has 0 aliphatic rings. The Morgan fingerprint density at radius 1 is 0.970 bits per heavy atom. The summed E-state index contributed by atoms with van der Waals surface area (Å²) >= 11 is 0. The van der Waals surface area contributed by atoms with Crippen LogP contribution in [0.2, 0.25) is 0 Å². The van der Waals surface area contributed by atoms with Crippen molar-refractivity contribution in [2.45, 2.75) is 19.3 Å². The van der Waals surface area contributed by atoms with Crippen molar-refractivity contribution in [3.63, 3.8) is 0 Å². The van der Waals surface area contributed by atoms with Crippen LogP contribution in [0.5, 0.6) is 0 Å². The molecule has 174 valence electrons. The highest BCUT2D eigenvalue weighted by atomic mass is 19.4. The predicted octanol–water partition coefficient (Wildman–Crippen LogP) is 1.21. The van der Waals surface area contributed by atoms with Gasteiger partial charge >= 0.3 is 17.6 Å². The highest BCUT2D eigenvalue weighted by Crippen LogP contribution is 2.29. The Balaban J connectivity index is 2.02. The van der Waals surface area contributed by atoms with Gasteiger partial charge in [0.15, 0.2) is 5.96 Å². The summed E-state index contributed by atoms with van der Waals surface area (Å²) in [7, 11) is 0. The topological polar surface area (TPSA) is 133 Å². The summed E-state index contributed by atoms with van der Waals surface area (Å²) in [5.74, 6) is -0.234. The number of alkyl halides is 3. The molecule has 0 bridgehead atoms. The molecule has 1 aromatic heterocycles. The largest absolute Gasteiger partial charge is 0.416 e. The lowest BCUT2D eigenvalue weighted by Gasteiger charge is -2.16. The van der Waals surface area contributed by atoms with E-state index in [9.17, 15) is 22.8 Å². The van der Waals surface area contributed by atoms with Gasteiger partial charge < -0.3 is 16.8 Å². The van der Waals surface area contributed by atoms with Crippen LogP contribution in [0.1, 0.15) is 16.7 Å². The highest BCUT2D eigenvalue weighted by molar-refractivity contribution is 5.75. The number of guanidine groups is 1. The number of nitrogens with one attached hydrogen (secondary N) is 1. The molecular weight excluding hydrogens is 439 g/mol. The average molecular weight is 461 g/mol. The molecule has 0 aliphatic carbocycles. The van der Waals surface area contributed by atoms with Gasteiger partial charge in [0.25, 0.3) is 0 Å². The van der Waals surface area contributed by atoms with E-state index in [1.807, 2.05) is 0 Å². The van der Waals surface area contributed by atoms with Crippen LogP contribution in [-0.4, -0.2) is 33.2 Å². The molecule has 0 atom stereocenters. The number of anilines is 1. The van der Waals surface area contributed by atoms with Crippen molar-refractivity contribution in [1.82, 2.24) is 14.1 Å². The molecular formula is C21H22F3N7O2. The maximum atomic E-state index is 13.2. The third-order valence-electron chi connectivity index (χ3n) is 4.62. The zero-order valence-corrected chi connectivity index (χ0v) is 17.4. The normalized spacial score (nSPS) is 11.2. The second kappa shape index (κ2) is 10.0. The zero-order chi connectivity index (χ0) is 24.0. The highest BCUT2D eigenvalue weighted by Gasteiger charge is 2.30. The number of aromatic nitrogens is 3. The minimum Gasteiger partial charge on any atom is -0.370 e. The Kier molecular flexibility index (Phi) is 7.16. The summed E-state index contributed by atoms with van der Waals surface area (Å²) in [5.41, 5.74) is 9.10. The van der Waals surface area contributed by atoms with Crippen LogP contribution in [0, 0.1) is 0 Å². The summed E-state index contributed by atoms with van der Waals surface area (Å²) in [6, 6.07) is 13.4. The van der Waals surface area contributed by atoms with Gasteiger partial charge in [0.1, 0.15) is 0 Å². The third-order valence-corrected chi connectivity index (χ3v) is 4.62. The average Bonchev–Trinajstić information content (AvgIpc) is 2.77. The fraction of sp³-hybridized carbons (Fsp3) is 0.238. The number of benzene rings is 2. The number of nitrogens with two attached hydrogens (primary N) is 2. The Morgan fingerprint density at radius 2 is 1.64 bits per heavy atom. The van der Waals surface area contributed by atoms with Crippen molar-refractivity contribution in [1.29, 1.82) is 0 Å². The zero-order valence-electron chi connectivity index (χ0n) is 17.4. The van der Waals surface area contributed by atoms with E-state index < -0.39 is 23.1 Å². The minimum absolute atomic E-state index is 0.0393. The number of hydrogen-bond acceptors (Lipinski definition) is 5. The number of rotatable bonds is 8. The van der Waals surface area contributed by atoms with Gasteiger partial charge in [0, 0.05) is 6.54 Å². The maximum Gasteiger partial charge on any atom is 0.416 e. The molecule has 2 aromatic carbocycles. The molecule has 12 heteroatoms. The minimum atomic E-state index is -4.54. The van der Waals surface area contributed by atoms with E-state index in [4.69, 9.17) is 11.5 Å². The molecule has 0 amide bonds. The van der Waals surface area contributed by atoms with Gasteiger partial charge in [0.05, 0.1) is 25.2 Å². The van der Waals surface area contributed by atoms with Crippen LogP contribution >= 0.6 is 0 Å². The number of hydrogen-bond donors (Lipinski definition) is 3. The van der Waals surface area contributed by atoms with Crippen LogP contribution in [0.4, 0.5) is 19.1 Å². The summed E-state index contributed by atoms with van der Waals surface area (Å²) in [5, 5.41) is 2.80. The Bertz CT molecular complexity index is 1250. The molecule has 0 saturated heterocycles. The lowest BCUT2D eigenvalue weighted by molar-refractivity contribution is -0.137. The van der Waals surface area contributed by atoms with Crippen molar-refractivity contribution >= 4 is 11.9 Å². The molecule has 0 spiro atoms. The first-order valence-electron chi connectivity index (χ1n) is 9.86. The second-order valence-corrected chi connectivity index (χ2v) is 7.09. The second-order valence-electron chi connectivity index (χ2n) is 7.09. The smallest absolute Gasteiger partial charge is 0.370 e. The van der Waals surface area contributed by atoms with E-state index in [0.29, 0.717) is 5.56 Å². The van der Waals surface area contributed by atoms with Gasteiger partial charge in [-0.05, 0) is 23.3 Å². The summed E-state index contributed by atoms with van der Waals surface area (Å²) < 4.78 is 41.4. The molecule has 5 N–H and O–H groups in total. The molecule has 0 fully saturated rings. The third kappa shape index (κ3) is 6.21. The molecule has 1 heterocycles. The molecule has 0 saturated carbocycles. The van der Waals surface area contributed by atoms with E-state index in [1.54, 1.807) is 30.3 Å². The fourth-order valence-electron chi connectivity index (χ4n) is 3.09. The first-order chi connectivity index (χ1) is 15.6. The van der Waals surface area contributed by atoms with E-state index in [-0.39, 0.29) is 43.7 Å². The van der Waals surface area contributed by atoms with Gasteiger partial charge in [-0.25, -0.2) is 14.2 Å². The quantitative estimate of drug-likeness (QED) is 0.262. The van der Waals surface area contributed by atoms with Crippen molar-refractivity contribution < 1.29 is 13.2 Å². The van der Waals surface area contributed by atoms with E-state index >= 15 is 0 Å². The maximum absolute atomic E-state index is 13.2. The fourth-order valence-corrected chi connectivity index (χ4v) is 3.09. The van der Waals surface area contributed by atoms with Crippen LogP contribution < -0.4 is 28.2 Å². The molecule has 0 aliphatic heterocycles. The van der Waals surface area contributed by atoms with Gasteiger partial charge in [0.2, 0.25) is 5.95 Å². The van der Waals surface area contributed by atoms with Crippen molar-refractivity contribution in [3.05, 3.63) is 92.3 Å². The van der Waals surface area contributed by atoms with E-state index in [1.165, 1.54) is 12.1 Å². The van der Waals surface area contributed by atoms with E-state index in [2.05, 4.69) is 15.3 Å². The number of aliphatic imine (C=N–C) groups is 1. The van der Waals surface area contributed by atoms with Crippen LogP contribution in [0.25, 0.3) is 0 Å². The first-order valence-corrected chi connectivity index (χ1v) is 9.86. The Labute approximate surface area is 186 Å². The Morgan fingerprint density at radius 3 is 2.30 bits per heavy atom. The predicted molar refractivity (Wildman–Crippen MR) is 118 cm³/mol. The lowest BCUT2D eigenvalue weighted by Crippen LogP contribution is -2.43. The molecule has 33 heavy (non-hydrogen) atoms. The van der Waals surface area contributed by atoms with Crippen molar-refractivity contribution in [2.75, 3.05) is 18.4 Å². The molecule has 9 nitrogen and oxygen atoms in total. The molecule has 3 aromatic rings. The van der Waals surface area contributed by atoms with Crippen molar-refractivity contribution in [3.8, 4) is 0 Å². The summed E-state index contributed by atoms with van der Waals surface area (Å²) in [4.78, 5) is 33.5. The van der Waals surface area contributed by atoms with Gasteiger partial charge in [-0.15, -0.1) is 0 Å².